The zero-order valence-corrected chi connectivity index (χ0v) is 18.0. The molecular weight excluding hydrogens is 475 g/mol. The summed E-state index contributed by atoms with van der Waals surface area (Å²) in [6.07, 6.45) is -7.66. The van der Waals surface area contributed by atoms with Gasteiger partial charge in [0.25, 0.3) is 5.91 Å². The van der Waals surface area contributed by atoms with Gasteiger partial charge in [-0.05, 0) is 31.2 Å². The van der Waals surface area contributed by atoms with E-state index in [0.29, 0.717) is 6.54 Å². The number of rotatable bonds is 5. The lowest BCUT2D eigenvalue weighted by Crippen LogP contribution is -2.42. The van der Waals surface area contributed by atoms with Gasteiger partial charge < -0.3 is 25.6 Å². The summed E-state index contributed by atoms with van der Waals surface area (Å²) >= 11 is 0. The predicted octanol–water partition coefficient (Wildman–Crippen LogP) is 1.24. The lowest BCUT2D eigenvalue weighted by Gasteiger charge is -2.16. The van der Waals surface area contributed by atoms with Crippen LogP contribution in [0.2, 0.25) is 0 Å². The number of amides is 3. The van der Waals surface area contributed by atoms with Crippen LogP contribution in [0.25, 0.3) is 11.2 Å². The molecule has 3 amide bonds. The van der Waals surface area contributed by atoms with E-state index >= 15 is 0 Å². The highest BCUT2D eigenvalue weighted by molar-refractivity contribution is 6.02. The number of anilines is 2. The number of nitrogens with zero attached hydrogens (tertiary/aromatic N) is 4. The summed E-state index contributed by atoms with van der Waals surface area (Å²) in [6.45, 7) is 1.99. The van der Waals surface area contributed by atoms with E-state index < -0.39 is 48.2 Å². The number of likely N-dealkylation sites (N-methyl/N-ethyl adjacent to an activating group) is 1. The number of hydrogen-bond acceptors (Lipinski definition) is 8. The van der Waals surface area contributed by atoms with E-state index in [-0.39, 0.29) is 22.7 Å². The van der Waals surface area contributed by atoms with Gasteiger partial charge in [0.15, 0.2) is 29.3 Å². The van der Waals surface area contributed by atoms with Crippen molar-refractivity contribution in [2.24, 2.45) is 0 Å². The Morgan fingerprint density at radius 3 is 2.46 bits per heavy atom. The van der Waals surface area contributed by atoms with Gasteiger partial charge in [-0.2, -0.15) is 13.2 Å². The first-order chi connectivity index (χ1) is 16.6. The molecule has 186 valence electrons. The van der Waals surface area contributed by atoms with E-state index in [1.54, 1.807) is 6.92 Å². The molecule has 4 atom stereocenters. The maximum Gasteiger partial charge on any atom is 0.416 e. The number of alkyl halides is 3. The van der Waals surface area contributed by atoms with Gasteiger partial charge in [-0.1, -0.05) is 0 Å². The second-order valence-corrected chi connectivity index (χ2v) is 7.52. The molecule has 12 nitrogen and oxygen atoms in total. The van der Waals surface area contributed by atoms with Crippen molar-refractivity contribution >= 4 is 34.6 Å². The van der Waals surface area contributed by atoms with Crippen molar-refractivity contribution in [3.63, 3.8) is 0 Å². The van der Waals surface area contributed by atoms with Gasteiger partial charge in [0.2, 0.25) is 0 Å². The molecule has 1 fully saturated rings. The average Bonchev–Trinajstić information content (AvgIpc) is 3.35. The van der Waals surface area contributed by atoms with Gasteiger partial charge in [-0.25, -0.2) is 19.7 Å². The number of carbonyl (C=O) groups is 2. The summed E-state index contributed by atoms with van der Waals surface area (Å²) in [4.78, 5) is 36.6. The third-order valence-electron chi connectivity index (χ3n) is 5.18. The molecular formula is C20H20F3N7O5. The summed E-state index contributed by atoms with van der Waals surface area (Å²) in [5, 5.41) is 28.0. The first kappa shape index (κ1) is 24.3. The van der Waals surface area contributed by atoms with E-state index in [1.165, 1.54) is 10.9 Å². The minimum absolute atomic E-state index is 0.0357. The van der Waals surface area contributed by atoms with E-state index in [0.717, 1.165) is 30.6 Å². The molecule has 0 bridgehead atoms. The first-order valence-corrected chi connectivity index (χ1v) is 10.3. The van der Waals surface area contributed by atoms with Gasteiger partial charge >= 0.3 is 12.2 Å². The van der Waals surface area contributed by atoms with Gasteiger partial charge in [-0.15, -0.1) is 0 Å². The van der Waals surface area contributed by atoms with Crippen molar-refractivity contribution in [2.45, 2.75) is 37.6 Å². The molecule has 5 N–H and O–H groups in total. The van der Waals surface area contributed by atoms with E-state index in [9.17, 15) is 33.0 Å². The first-order valence-electron chi connectivity index (χ1n) is 10.3. The van der Waals surface area contributed by atoms with Crippen LogP contribution in [0.15, 0.2) is 36.9 Å². The topological polar surface area (TPSA) is 164 Å². The Hall–Kier alpha value is -3.82. The third-order valence-corrected chi connectivity index (χ3v) is 5.18. The highest BCUT2D eigenvalue weighted by Crippen LogP contribution is 2.33. The third kappa shape index (κ3) is 4.87. The highest BCUT2D eigenvalue weighted by Gasteiger charge is 2.47. The largest absolute Gasteiger partial charge is 0.416 e. The number of ether oxygens (including phenoxy) is 1. The van der Waals surface area contributed by atoms with Crippen LogP contribution in [-0.4, -0.2) is 66.5 Å². The van der Waals surface area contributed by atoms with Crippen LogP contribution >= 0.6 is 0 Å². The fraction of sp³-hybridized carbons (Fsp3) is 0.350. The number of aromatic nitrogens is 4. The van der Waals surface area contributed by atoms with Crippen molar-refractivity contribution in [1.29, 1.82) is 0 Å². The molecule has 1 saturated heterocycles. The fourth-order valence-electron chi connectivity index (χ4n) is 3.52. The normalized spacial score (nSPS) is 22.2. The Bertz CT molecular complexity index is 1230. The Balaban J connectivity index is 1.51. The number of hydrogen-bond donors (Lipinski definition) is 5. The van der Waals surface area contributed by atoms with Crippen molar-refractivity contribution in [3.8, 4) is 0 Å². The highest BCUT2D eigenvalue weighted by atomic mass is 19.4. The summed E-state index contributed by atoms with van der Waals surface area (Å²) in [5.74, 6) is -0.630. The molecule has 0 radical (unpaired) electrons. The number of urea groups is 1. The zero-order valence-electron chi connectivity index (χ0n) is 18.0. The second kappa shape index (κ2) is 9.44. The number of fused-ring (bicyclic) bond motifs is 1. The molecule has 1 aromatic carbocycles. The zero-order chi connectivity index (χ0) is 25.3. The Labute approximate surface area is 195 Å². The SMILES string of the molecule is CCNC(=O)[C@H]1O[C@@H](n2cnc3c(NC(=O)Nc4ccc(C(F)(F)F)cc4)ncnc32)[C@H](O)[C@@H]1O. The molecule has 15 heteroatoms. The number of aliphatic hydroxyl groups is 2. The van der Waals surface area contributed by atoms with Crippen LogP contribution in [0.1, 0.15) is 18.7 Å². The number of carbonyl (C=O) groups excluding carboxylic acids is 2. The molecule has 35 heavy (non-hydrogen) atoms. The molecule has 0 unspecified atom stereocenters. The molecule has 0 spiro atoms. The van der Waals surface area contributed by atoms with Gasteiger partial charge in [0, 0.05) is 12.2 Å². The molecule has 1 aliphatic rings. The van der Waals surface area contributed by atoms with Gasteiger partial charge in [0.05, 0.1) is 11.9 Å². The minimum atomic E-state index is -4.50. The maximum atomic E-state index is 12.7. The predicted molar refractivity (Wildman–Crippen MR) is 114 cm³/mol. The monoisotopic (exact) mass is 495 g/mol. The maximum absolute atomic E-state index is 12.7. The summed E-state index contributed by atoms with van der Waals surface area (Å²) in [7, 11) is 0. The van der Waals surface area contributed by atoms with Gasteiger partial charge in [0.1, 0.15) is 18.5 Å². The Morgan fingerprint density at radius 2 is 1.80 bits per heavy atom. The number of imidazole rings is 1. The number of nitrogens with one attached hydrogen (secondary N) is 3. The summed E-state index contributed by atoms with van der Waals surface area (Å²) in [5.41, 5.74) is -0.527. The number of aliphatic hydroxyl groups excluding tert-OH is 2. The van der Waals surface area contributed by atoms with Gasteiger partial charge in [-0.3, -0.25) is 14.7 Å². The Kier molecular flexibility index (Phi) is 6.56. The quantitative estimate of drug-likeness (QED) is 0.353. The minimum Gasteiger partial charge on any atom is -0.387 e. The van der Waals surface area contributed by atoms with Crippen LogP contribution < -0.4 is 16.0 Å². The molecule has 0 aliphatic carbocycles. The summed E-state index contributed by atoms with van der Waals surface area (Å²) < 4.78 is 44.9. The van der Waals surface area contributed by atoms with Crippen molar-refractivity contribution in [1.82, 2.24) is 24.8 Å². The van der Waals surface area contributed by atoms with Crippen molar-refractivity contribution in [2.75, 3.05) is 17.2 Å². The van der Waals surface area contributed by atoms with E-state index in [1.807, 2.05) is 0 Å². The van der Waals surface area contributed by atoms with Crippen LogP contribution in [0.3, 0.4) is 0 Å². The lowest BCUT2D eigenvalue weighted by molar-refractivity contribution is -0.138. The average molecular weight is 495 g/mol. The standard InChI is InChI=1S/C20H20F3N7O5/c1-2-24-17(33)14-12(31)13(32)18(35-14)30-8-27-11-15(25-7-26-16(11)30)29-19(34)28-10-5-3-9(4-6-10)20(21,22)23/h3-8,12-14,18,31-32H,2H2,1H3,(H,24,33)(H2,25,26,28,29,34)/t12-,13+,14-,18+/m0/s1. The van der Waals surface area contributed by atoms with Crippen LogP contribution in [0.4, 0.5) is 29.5 Å². The van der Waals surface area contributed by atoms with Crippen LogP contribution in [0, 0.1) is 0 Å². The molecule has 3 aromatic rings. The summed E-state index contributed by atoms with van der Waals surface area (Å²) in [6, 6.07) is 3.05. The molecule has 2 aromatic heterocycles. The lowest BCUT2D eigenvalue weighted by atomic mass is 10.1. The van der Waals surface area contributed by atoms with Crippen molar-refractivity contribution < 1.29 is 37.7 Å². The molecule has 3 heterocycles. The second-order valence-electron chi connectivity index (χ2n) is 7.52. The van der Waals surface area contributed by atoms with Crippen LogP contribution in [0.5, 0.6) is 0 Å². The Morgan fingerprint density at radius 1 is 1.09 bits per heavy atom. The van der Waals surface area contributed by atoms with E-state index in [2.05, 4.69) is 30.9 Å². The molecule has 0 saturated carbocycles. The van der Waals surface area contributed by atoms with E-state index in [4.69, 9.17) is 4.74 Å². The van der Waals surface area contributed by atoms with Crippen molar-refractivity contribution in [3.05, 3.63) is 42.5 Å². The smallest absolute Gasteiger partial charge is 0.387 e. The number of halogens is 3. The molecule has 4 rings (SSSR count). The fourth-order valence-corrected chi connectivity index (χ4v) is 3.52. The number of benzene rings is 1. The molecule has 1 aliphatic heterocycles. The van der Waals surface area contributed by atoms with Crippen LogP contribution in [-0.2, 0) is 15.7 Å².